The van der Waals surface area contributed by atoms with Crippen LogP contribution in [0.5, 0.6) is 6.08 Å². The smallest absolute Gasteiger partial charge is 0.415 e. The summed E-state index contributed by atoms with van der Waals surface area (Å²) in [5, 5.41) is 7.44. The molecule has 2 heterocycles. The Balaban J connectivity index is 1.65. The van der Waals surface area contributed by atoms with Crippen molar-refractivity contribution in [2.24, 2.45) is 0 Å². The number of carbonyl (C=O) groups is 1. The van der Waals surface area contributed by atoms with Gasteiger partial charge in [0.1, 0.15) is 6.54 Å². The van der Waals surface area contributed by atoms with Gasteiger partial charge in [-0.3, -0.25) is 4.79 Å². The molecule has 23 heavy (non-hydrogen) atoms. The van der Waals surface area contributed by atoms with E-state index in [4.69, 9.17) is 9.15 Å². The van der Waals surface area contributed by atoms with Gasteiger partial charge in [-0.1, -0.05) is 23.3 Å². The molecule has 0 N–H and O–H groups in total. The van der Waals surface area contributed by atoms with E-state index < -0.39 is 24.7 Å². The number of likely N-dealkylation sites (tertiary alicyclic amines) is 1. The minimum atomic E-state index is -4.44. The van der Waals surface area contributed by atoms with Gasteiger partial charge in [-0.15, -0.1) is 5.10 Å². The standard InChI is InChI=1S/C14H12F3N3O3/c15-14(16,17)8-20-7-6-10(12(20)21)22-13-19-18-11(23-13)9-4-2-1-3-5-9/h1-5,10H,6-8H2. The van der Waals surface area contributed by atoms with Gasteiger partial charge in [-0.05, 0) is 12.1 Å². The third-order valence-electron chi connectivity index (χ3n) is 3.29. The van der Waals surface area contributed by atoms with Crippen LogP contribution in [0.2, 0.25) is 0 Å². The van der Waals surface area contributed by atoms with Gasteiger partial charge < -0.3 is 14.1 Å². The van der Waals surface area contributed by atoms with Crippen molar-refractivity contribution >= 4 is 5.91 Å². The van der Waals surface area contributed by atoms with Gasteiger partial charge in [0, 0.05) is 18.5 Å². The van der Waals surface area contributed by atoms with Crippen LogP contribution in [0.3, 0.4) is 0 Å². The largest absolute Gasteiger partial charge is 0.436 e. The Bertz CT molecular complexity index is 687. The lowest BCUT2D eigenvalue weighted by Crippen LogP contribution is -2.38. The highest BCUT2D eigenvalue weighted by Crippen LogP contribution is 2.25. The molecule has 0 radical (unpaired) electrons. The van der Waals surface area contributed by atoms with Crippen LogP contribution in [0.1, 0.15) is 6.42 Å². The first-order chi connectivity index (χ1) is 10.9. The van der Waals surface area contributed by atoms with Gasteiger partial charge in [-0.25, -0.2) is 0 Å². The first-order valence-electron chi connectivity index (χ1n) is 6.83. The number of alkyl halides is 3. The minimum absolute atomic E-state index is 0.0251. The summed E-state index contributed by atoms with van der Waals surface area (Å²) in [7, 11) is 0. The summed E-state index contributed by atoms with van der Waals surface area (Å²) in [6.07, 6.45) is -5.58. The highest BCUT2D eigenvalue weighted by atomic mass is 19.4. The summed E-state index contributed by atoms with van der Waals surface area (Å²) < 4.78 is 47.6. The van der Waals surface area contributed by atoms with Crippen LogP contribution < -0.4 is 4.74 Å². The molecule has 1 unspecified atom stereocenters. The quantitative estimate of drug-likeness (QED) is 0.862. The van der Waals surface area contributed by atoms with E-state index in [2.05, 4.69) is 10.2 Å². The molecule has 122 valence electrons. The Morgan fingerprint density at radius 1 is 1.26 bits per heavy atom. The number of halogens is 3. The van der Waals surface area contributed by atoms with Gasteiger partial charge in [-0.2, -0.15) is 13.2 Å². The summed E-state index contributed by atoms with van der Waals surface area (Å²) in [5.41, 5.74) is 0.672. The summed E-state index contributed by atoms with van der Waals surface area (Å²) in [5.74, 6) is -0.528. The minimum Gasteiger partial charge on any atom is -0.436 e. The predicted octanol–water partition coefficient (Wildman–Crippen LogP) is 2.28. The second-order valence-corrected chi connectivity index (χ2v) is 5.01. The molecule has 1 saturated heterocycles. The molecule has 0 aliphatic carbocycles. The highest BCUT2D eigenvalue weighted by molar-refractivity contribution is 5.83. The molecule has 1 aliphatic rings. The number of nitrogens with zero attached hydrogens (tertiary/aromatic N) is 3. The van der Waals surface area contributed by atoms with Crippen molar-refractivity contribution in [1.29, 1.82) is 0 Å². The molecule has 9 heteroatoms. The van der Waals surface area contributed by atoms with Crippen LogP contribution >= 0.6 is 0 Å². The van der Waals surface area contributed by atoms with Gasteiger partial charge in [0.25, 0.3) is 11.8 Å². The number of rotatable bonds is 4. The number of ether oxygens (including phenoxy) is 1. The molecule has 6 nitrogen and oxygen atoms in total. The topological polar surface area (TPSA) is 68.5 Å². The maximum absolute atomic E-state index is 12.4. The number of hydrogen-bond acceptors (Lipinski definition) is 5. The SMILES string of the molecule is O=C1C(Oc2nnc(-c3ccccc3)o2)CCN1CC(F)(F)F. The van der Waals surface area contributed by atoms with Crippen LogP contribution in [0.25, 0.3) is 11.5 Å². The molecule has 0 bridgehead atoms. The predicted molar refractivity (Wildman–Crippen MR) is 71.4 cm³/mol. The monoisotopic (exact) mass is 327 g/mol. The number of aromatic nitrogens is 2. The van der Waals surface area contributed by atoms with Crippen molar-refractivity contribution in [1.82, 2.24) is 15.1 Å². The van der Waals surface area contributed by atoms with Crippen molar-refractivity contribution in [2.75, 3.05) is 13.1 Å². The number of hydrogen-bond donors (Lipinski definition) is 0. The van der Waals surface area contributed by atoms with Gasteiger partial charge >= 0.3 is 12.3 Å². The van der Waals surface area contributed by atoms with E-state index in [0.29, 0.717) is 10.5 Å². The number of amides is 1. The molecule has 2 aromatic rings. The van der Waals surface area contributed by atoms with Crippen LogP contribution in [-0.4, -0.2) is 46.4 Å². The second kappa shape index (κ2) is 5.90. The molecular weight excluding hydrogens is 315 g/mol. The van der Waals surface area contributed by atoms with Crippen molar-refractivity contribution in [3.63, 3.8) is 0 Å². The van der Waals surface area contributed by atoms with E-state index in [-0.39, 0.29) is 24.9 Å². The average Bonchev–Trinajstić information content (AvgIpc) is 3.09. The normalized spacial score (nSPS) is 18.5. The number of carbonyl (C=O) groups excluding carboxylic acids is 1. The van der Waals surface area contributed by atoms with Crippen LogP contribution in [0.15, 0.2) is 34.7 Å². The molecule has 1 amide bonds. The molecule has 1 aliphatic heterocycles. The van der Waals surface area contributed by atoms with E-state index >= 15 is 0 Å². The zero-order valence-electron chi connectivity index (χ0n) is 11.8. The molecule has 1 aromatic heterocycles. The van der Waals surface area contributed by atoms with Crippen molar-refractivity contribution in [3.8, 4) is 17.5 Å². The van der Waals surface area contributed by atoms with Crippen LogP contribution in [0.4, 0.5) is 13.2 Å². The van der Waals surface area contributed by atoms with E-state index in [1.165, 1.54) is 0 Å². The molecule has 1 atom stereocenters. The van der Waals surface area contributed by atoms with Gasteiger partial charge in [0.15, 0.2) is 6.10 Å². The third-order valence-corrected chi connectivity index (χ3v) is 3.29. The lowest BCUT2D eigenvalue weighted by atomic mass is 10.2. The molecule has 3 rings (SSSR count). The summed E-state index contributed by atoms with van der Waals surface area (Å²) >= 11 is 0. The Labute approximate surface area is 128 Å². The zero-order chi connectivity index (χ0) is 16.4. The number of benzene rings is 1. The average molecular weight is 327 g/mol. The third kappa shape index (κ3) is 3.61. The molecular formula is C14H12F3N3O3. The molecule has 1 aromatic carbocycles. The van der Waals surface area contributed by atoms with E-state index in [9.17, 15) is 18.0 Å². The summed E-state index contributed by atoms with van der Waals surface area (Å²) in [6.45, 7) is -1.31. The second-order valence-electron chi connectivity index (χ2n) is 5.01. The lowest BCUT2D eigenvalue weighted by Gasteiger charge is -2.17. The fourth-order valence-electron chi connectivity index (χ4n) is 2.27. The summed E-state index contributed by atoms with van der Waals surface area (Å²) in [4.78, 5) is 12.6. The van der Waals surface area contributed by atoms with Gasteiger partial charge in [0.05, 0.1) is 0 Å². The zero-order valence-corrected chi connectivity index (χ0v) is 11.8. The maximum Gasteiger partial charge on any atom is 0.415 e. The fraction of sp³-hybridized carbons (Fsp3) is 0.357. The lowest BCUT2D eigenvalue weighted by molar-refractivity contribution is -0.159. The Morgan fingerprint density at radius 3 is 2.70 bits per heavy atom. The first kappa shape index (κ1) is 15.3. The van der Waals surface area contributed by atoms with Crippen molar-refractivity contribution in [2.45, 2.75) is 18.7 Å². The highest BCUT2D eigenvalue weighted by Gasteiger charge is 2.40. The first-order valence-corrected chi connectivity index (χ1v) is 6.83. The molecule has 0 saturated carbocycles. The Kier molecular flexibility index (Phi) is 3.93. The van der Waals surface area contributed by atoms with E-state index in [0.717, 1.165) is 0 Å². The van der Waals surface area contributed by atoms with E-state index in [1.807, 2.05) is 6.07 Å². The van der Waals surface area contributed by atoms with Crippen molar-refractivity contribution < 1.29 is 27.1 Å². The Morgan fingerprint density at radius 2 is 2.00 bits per heavy atom. The molecule has 1 fully saturated rings. The summed E-state index contributed by atoms with van der Waals surface area (Å²) in [6, 6.07) is 8.90. The maximum atomic E-state index is 12.4. The van der Waals surface area contributed by atoms with Crippen LogP contribution in [0, 0.1) is 0 Å². The Hall–Kier alpha value is -2.58. The fourth-order valence-corrected chi connectivity index (χ4v) is 2.27. The van der Waals surface area contributed by atoms with E-state index in [1.54, 1.807) is 24.3 Å². The van der Waals surface area contributed by atoms with Gasteiger partial charge in [0.2, 0.25) is 0 Å². The molecule has 0 spiro atoms. The van der Waals surface area contributed by atoms with Crippen molar-refractivity contribution in [3.05, 3.63) is 30.3 Å². The van der Waals surface area contributed by atoms with Crippen LogP contribution in [-0.2, 0) is 4.79 Å².